The predicted octanol–water partition coefficient (Wildman–Crippen LogP) is 6.47. The SMILES string of the molecule is CCC(O[Si](C)(C)C(C)(C)C)[C@@H]1C[C@@H](C)[C@@](C)(C(=O)O)[C@H]2CCC3=CC(=O)CC[C@H]3[C@H]12. The second-order valence-corrected chi connectivity index (χ2v) is 17.0. The Labute approximate surface area is 190 Å². The van der Waals surface area contributed by atoms with Crippen LogP contribution in [0.5, 0.6) is 0 Å². The maximum absolute atomic E-state index is 12.6. The summed E-state index contributed by atoms with van der Waals surface area (Å²) in [6.07, 6.45) is 7.14. The molecule has 4 nitrogen and oxygen atoms in total. The summed E-state index contributed by atoms with van der Waals surface area (Å²) < 4.78 is 7.02. The van der Waals surface area contributed by atoms with Gasteiger partial charge in [0.2, 0.25) is 0 Å². The van der Waals surface area contributed by atoms with Crippen LogP contribution in [0.1, 0.15) is 80.1 Å². The van der Waals surface area contributed by atoms with E-state index < -0.39 is 19.7 Å². The van der Waals surface area contributed by atoms with E-state index in [9.17, 15) is 14.7 Å². The molecule has 7 atom stereocenters. The molecular weight excluding hydrogens is 404 g/mol. The predicted molar refractivity (Wildman–Crippen MR) is 127 cm³/mol. The molecule has 1 unspecified atom stereocenters. The molecule has 1 N–H and O–H groups in total. The van der Waals surface area contributed by atoms with Crippen LogP contribution in [0, 0.1) is 35.0 Å². The smallest absolute Gasteiger partial charge is 0.309 e. The molecule has 0 spiro atoms. The first-order chi connectivity index (χ1) is 14.2. The molecule has 176 valence electrons. The zero-order chi connectivity index (χ0) is 23.4. The molecule has 0 aromatic rings. The van der Waals surface area contributed by atoms with Crippen molar-refractivity contribution in [2.24, 2.45) is 35.0 Å². The van der Waals surface area contributed by atoms with Gasteiger partial charge < -0.3 is 9.53 Å². The highest BCUT2D eigenvalue weighted by atomic mass is 28.4. The number of ketones is 1. The second kappa shape index (κ2) is 8.44. The fourth-order valence-electron chi connectivity index (χ4n) is 6.63. The maximum atomic E-state index is 12.6. The summed E-state index contributed by atoms with van der Waals surface area (Å²) in [6.45, 7) is 17.9. The molecule has 0 aromatic carbocycles. The topological polar surface area (TPSA) is 63.6 Å². The average Bonchev–Trinajstić information content (AvgIpc) is 2.67. The highest BCUT2D eigenvalue weighted by molar-refractivity contribution is 6.74. The standard InChI is InChI=1S/C26H44O4Si/c1-9-22(30-31(7,8)25(3,4)5)20-14-16(2)26(6,24(28)29)21-13-10-17-15-18(27)11-12-19(17)23(20)21/h15-16,19-23H,9-14H2,1-8H3,(H,28,29)/t16-,19-,20+,21+,22?,23-,26-/m1/s1. The van der Waals surface area contributed by atoms with E-state index in [0.717, 1.165) is 32.1 Å². The zero-order valence-electron chi connectivity index (χ0n) is 21.0. The molecule has 0 bridgehead atoms. The Morgan fingerprint density at radius 3 is 2.48 bits per heavy atom. The van der Waals surface area contributed by atoms with Crippen molar-refractivity contribution >= 4 is 20.1 Å². The number of allylic oxidation sites excluding steroid dienone is 2. The Balaban J connectivity index is 2.03. The molecule has 0 saturated heterocycles. The molecule has 5 heteroatoms. The fraction of sp³-hybridized carbons (Fsp3) is 0.846. The van der Waals surface area contributed by atoms with Gasteiger partial charge in [0.1, 0.15) is 0 Å². The highest BCUT2D eigenvalue weighted by Crippen LogP contribution is 2.61. The third-order valence-electron chi connectivity index (χ3n) is 9.70. The van der Waals surface area contributed by atoms with Crippen molar-refractivity contribution in [1.29, 1.82) is 0 Å². The van der Waals surface area contributed by atoms with Crippen molar-refractivity contribution in [3.63, 3.8) is 0 Å². The zero-order valence-corrected chi connectivity index (χ0v) is 22.0. The monoisotopic (exact) mass is 448 g/mol. The Morgan fingerprint density at radius 1 is 1.29 bits per heavy atom. The van der Waals surface area contributed by atoms with Crippen molar-refractivity contribution in [2.45, 2.75) is 104 Å². The molecule has 0 heterocycles. The molecule has 3 aliphatic carbocycles. The third kappa shape index (κ3) is 4.21. The van der Waals surface area contributed by atoms with E-state index in [1.54, 1.807) is 0 Å². The van der Waals surface area contributed by atoms with Gasteiger partial charge in [0.25, 0.3) is 0 Å². The van der Waals surface area contributed by atoms with E-state index in [0.29, 0.717) is 24.2 Å². The van der Waals surface area contributed by atoms with Gasteiger partial charge in [-0.2, -0.15) is 0 Å². The lowest BCUT2D eigenvalue weighted by molar-refractivity contribution is -0.172. The summed E-state index contributed by atoms with van der Waals surface area (Å²) in [5, 5.41) is 10.5. The third-order valence-corrected chi connectivity index (χ3v) is 14.2. The van der Waals surface area contributed by atoms with Gasteiger partial charge in [0.15, 0.2) is 14.1 Å². The van der Waals surface area contributed by atoms with Gasteiger partial charge in [0.05, 0.1) is 5.41 Å². The summed E-state index contributed by atoms with van der Waals surface area (Å²) in [5.41, 5.74) is 0.579. The molecule has 31 heavy (non-hydrogen) atoms. The molecule has 2 saturated carbocycles. The molecule has 0 aliphatic heterocycles. The first kappa shape index (κ1) is 24.7. The van der Waals surface area contributed by atoms with Crippen LogP contribution in [0.4, 0.5) is 0 Å². The fourth-order valence-corrected chi connectivity index (χ4v) is 8.08. The lowest BCUT2D eigenvalue weighted by atomic mass is 9.46. The first-order valence-corrected chi connectivity index (χ1v) is 15.3. The van der Waals surface area contributed by atoms with Crippen LogP contribution in [0.25, 0.3) is 0 Å². The minimum absolute atomic E-state index is 0.115. The van der Waals surface area contributed by atoms with Gasteiger partial charge in [-0.1, -0.05) is 40.2 Å². The minimum Gasteiger partial charge on any atom is -0.481 e. The van der Waals surface area contributed by atoms with E-state index >= 15 is 0 Å². The molecule has 3 aliphatic rings. The Bertz CT molecular complexity index is 749. The number of fused-ring (bicyclic) bond motifs is 3. The molecule has 0 radical (unpaired) electrons. The normalized spacial score (nSPS) is 37.5. The van der Waals surface area contributed by atoms with E-state index in [2.05, 4.69) is 47.7 Å². The van der Waals surface area contributed by atoms with Gasteiger partial charge in [-0.3, -0.25) is 9.59 Å². The van der Waals surface area contributed by atoms with E-state index in [-0.39, 0.29) is 28.8 Å². The Hall–Kier alpha value is -0.943. The summed E-state index contributed by atoms with van der Waals surface area (Å²) in [4.78, 5) is 24.7. The number of carboxylic acid groups (broad SMARTS) is 1. The van der Waals surface area contributed by atoms with Crippen molar-refractivity contribution in [2.75, 3.05) is 0 Å². The van der Waals surface area contributed by atoms with Crippen LogP contribution >= 0.6 is 0 Å². The average molecular weight is 449 g/mol. The summed E-state index contributed by atoms with van der Waals surface area (Å²) in [7, 11) is -1.95. The summed E-state index contributed by atoms with van der Waals surface area (Å²) in [5.74, 6) is 0.843. The largest absolute Gasteiger partial charge is 0.481 e. The molecule has 0 amide bonds. The van der Waals surface area contributed by atoms with Crippen molar-refractivity contribution in [1.82, 2.24) is 0 Å². The number of hydrogen-bond donors (Lipinski definition) is 1. The van der Waals surface area contributed by atoms with Crippen molar-refractivity contribution < 1.29 is 19.1 Å². The molecule has 0 aromatic heterocycles. The van der Waals surface area contributed by atoms with Gasteiger partial charge in [-0.25, -0.2) is 0 Å². The van der Waals surface area contributed by atoms with Gasteiger partial charge in [-0.05, 0) is 92.8 Å². The van der Waals surface area contributed by atoms with Crippen LogP contribution in [0.15, 0.2) is 11.6 Å². The second-order valence-electron chi connectivity index (χ2n) is 12.3. The lowest BCUT2D eigenvalue weighted by Crippen LogP contribution is -2.58. The Morgan fingerprint density at radius 2 is 1.94 bits per heavy atom. The van der Waals surface area contributed by atoms with E-state index in [1.807, 2.05) is 13.0 Å². The Kier molecular flexibility index (Phi) is 6.72. The van der Waals surface area contributed by atoms with Crippen molar-refractivity contribution in [3.8, 4) is 0 Å². The number of carbonyl (C=O) groups excluding carboxylic acids is 1. The minimum atomic E-state index is -1.95. The van der Waals surface area contributed by atoms with Crippen molar-refractivity contribution in [3.05, 3.63) is 11.6 Å². The first-order valence-electron chi connectivity index (χ1n) is 12.4. The lowest BCUT2D eigenvalue weighted by Gasteiger charge is -2.58. The quantitative estimate of drug-likeness (QED) is 0.490. The van der Waals surface area contributed by atoms with Crippen LogP contribution in [-0.4, -0.2) is 31.3 Å². The van der Waals surface area contributed by atoms with Gasteiger partial charge >= 0.3 is 5.97 Å². The summed E-state index contributed by atoms with van der Waals surface area (Å²) >= 11 is 0. The summed E-state index contributed by atoms with van der Waals surface area (Å²) in [6, 6.07) is 0. The van der Waals surface area contributed by atoms with E-state index in [1.165, 1.54) is 5.57 Å². The van der Waals surface area contributed by atoms with Crippen LogP contribution in [0.3, 0.4) is 0 Å². The van der Waals surface area contributed by atoms with Gasteiger partial charge in [0, 0.05) is 12.5 Å². The number of carbonyl (C=O) groups is 2. The van der Waals surface area contributed by atoms with Crippen LogP contribution < -0.4 is 0 Å². The van der Waals surface area contributed by atoms with Gasteiger partial charge in [-0.15, -0.1) is 0 Å². The number of carboxylic acids is 1. The van der Waals surface area contributed by atoms with Crippen LogP contribution in [0.2, 0.25) is 18.1 Å². The number of hydrogen-bond acceptors (Lipinski definition) is 3. The molecule has 3 rings (SSSR count). The van der Waals surface area contributed by atoms with E-state index in [4.69, 9.17) is 4.43 Å². The maximum Gasteiger partial charge on any atom is 0.309 e. The molecule has 2 fully saturated rings. The van der Waals surface area contributed by atoms with Crippen LogP contribution in [-0.2, 0) is 14.0 Å². The number of aliphatic carboxylic acids is 1. The highest BCUT2D eigenvalue weighted by Gasteiger charge is 2.59. The molecular formula is C26H44O4Si. The number of rotatable bonds is 5.